The number of carbonyl (C=O) groups is 2. The van der Waals surface area contributed by atoms with Crippen molar-refractivity contribution in [3.05, 3.63) is 105 Å². The van der Waals surface area contributed by atoms with Crippen molar-refractivity contribution in [1.82, 2.24) is 9.55 Å². The summed E-state index contributed by atoms with van der Waals surface area (Å²) in [6.07, 6.45) is 3.58. The van der Waals surface area contributed by atoms with E-state index in [0.717, 1.165) is 21.9 Å². The number of ether oxygens (including phenoxy) is 3. The van der Waals surface area contributed by atoms with Gasteiger partial charge in [-0.25, -0.2) is 0 Å². The summed E-state index contributed by atoms with van der Waals surface area (Å²) in [5.41, 5.74) is 3.46. The topological polar surface area (TPSA) is 99.6 Å². The number of para-hydroxylation sites is 1. The molecule has 8 nitrogen and oxygen atoms in total. The third-order valence-electron chi connectivity index (χ3n) is 7.45. The van der Waals surface area contributed by atoms with Crippen LogP contribution in [0.25, 0.3) is 27.9 Å². The van der Waals surface area contributed by atoms with Crippen molar-refractivity contribution in [3.63, 3.8) is 0 Å². The Morgan fingerprint density at radius 3 is 2.72 bits per heavy atom. The second-order valence-electron chi connectivity index (χ2n) is 9.74. The molecule has 0 amide bonds. The number of H-pyrrole nitrogens is 1. The monoisotopic (exact) mass is 518 g/mol. The van der Waals surface area contributed by atoms with Crippen molar-refractivity contribution in [2.24, 2.45) is 7.05 Å². The van der Waals surface area contributed by atoms with Gasteiger partial charge >= 0.3 is 5.97 Å². The van der Waals surface area contributed by atoms with Gasteiger partial charge in [0.05, 0.1) is 19.1 Å². The quantitative estimate of drug-likeness (QED) is 0.203. The molecule has 0 saturated heterocycles. The number of aromatic nitrogens is 2. The zero-order chi connectivity index (χ0) is 26.8. The minimum absolute atomic E-state index is 0.0510. The number of fused-ring (bicyclic) bond motifs is 5. The number of hydrogen-bond donors (Lipinski definition) is 1. The number of pyridine rings is 1. The Morgan fingerprint density at radius 1 is 1.03 bits per heavy atom. The van der Waals surface area contributed by atoms with E-state index in [9.17, 15) is 14.4 Å². The highest BCUT2D eigenvalue weighted by Gasteiger charge is 2.39. The number of nitrogens with zero attached hydrogens (tertiary/aromatic N) is 1. The first-order valence-corrected chi connectivity index (χ1v) is 12.5. The largest absolute Gasteiger partial charge is 0.497 e. The van der Waals surface area contributed by atoms with Crippen LogP contribution in [0.4, 0.5) is 0 Å². The van der Waals surface area contributed by atoms with Crippen LogP contribution in [0.2, 0.25) is 0 Å². The van der Waals surface area contributed by atoms with Crippen molar-refractivity contribution < 1.29 is 23.8 Å². The Balaban J connectivity index is 1.37. The van der Waals surface area contributed by atoms with Gasteiger partial charge in [-0.15, -0.1) is 0 Å². The maximum absolute atomic E-state index is 13.5. The summed E-state index contributed by atoms with van der Waals surface area (Å²) in [5.74, 6) is 0.0728. The molecular weight excluding hydrogens is 496 g/mol. The van der Waals surface area contributed by atoms with Crippen LogP contribution in [-0.2, 0) is 11.8 Å². The minimum Gasteiger partial charge on any atom is -0.497 e. The number of carbonyl (C=O) groups excluding carboxylic acids is 2. The van der Waals surface area contributed by atoms with Crippen LogP contribution >= 0.6 is 0 Å². The number of allylic oxidation sites excluding steroid dienone is 1. The van der Waals surface area contributed by atoms with Gasteiger partial charge in [-0.1, -0.05) is 18.2 Å². The number of hydrogen-bond acceptors (Lipinski definition) is 6. The van der Waals surface area contributed by atoms with E-state index in [2.05, 4.69) is 4.98 Å². The minimum atomic E-state index is -0.640. The predicted molar refractivity (Wildman–Crippen MR) is 146 cm³/mol. The van der Waals surface area contributed by atoms with E-state index in [0.29, 0.717) is 33.7 Å². The summed E-state index contributed by atoms with van der Waals surface area (Å²) in [4.78, 5) is 42.1. The smallest absolute Gasteiger partial charge is 0.312 e. The Bertz CT molecular complexity index is 1960. The molecule has 0 bridgehead atoms. The molecule has 8 heteroatoms. The maximum Gasteiger partial charge on any atom is 0.312 e. The average molecular weight is 519 g/mol. The number of methoxy groups -OCH3 is 1. The van der Waals surface area contributed by atoms with Crippen LogP contribution < -0.4 is 19.8 Å². The molecule has 4 heterocycles. The highest BCUT2D eigenvalue weighted by molar-refractivity contribution is 6.16. The number of benzene rings is 3. The number of Topliss-reactive ketones (excluding diaryl/α,β-unsaturated/α-hetero) is 1. The van der Waals surface area contributed by atoms with E-state index in [1.807, 2.05) is 60.3 Å². The van der Waals surface area contributed by atoms with Gasteiger partial charge in [0, 0.05) is 52.3 Å². The van der Waals surface area contributed by atoms with Crippen molar-refractivity contribution in [2.45, 2.75) is 12.3 Å². The zero-order valence-electron chi connectivity index (χ0n) is 21.1. The Labute approximate surface area is 222 Å². The summed E-state index contributed by atoms with van der Waals surface area (Å²) < 4.78 is 19.1. The molecule has 0 spiro atoms. The molecule has 7 rings (SSSR count). The van der Waals surface area contributed by atoms with E-state index < -0.39 is 11.9 Å². The predicted octanol–water partition coefficient (Wildman–Crippen LogP) is 5.09. The third-order valence-corrected chi connectivity index (χ3v) is 7.45. The van der Waals surface area contributed by atoms with Gasteiger partial charge in [0.1, 0.15) is 17.2 Å². The fraction of sp³-hybridized carbons (Fsp3) is 0.129. The van der Waals surface area contributed by atoms with Crippen molar-refractivity contribution in [1.29, 1.82) is 0 Å². The zero-order valence-corrected chi connectivity index (χ0v) is 21.1. The SMILES string of the molecule is COc1ccc2c(c1)c(/C=C1\Oc3c(ccc4c3[C@@H](c3cc5ccccc5[nH]c3=O)CC(=O)O4)C1=O)cn2C. The standard InChI is InChI=1S/C31H22N2O6/c1-33-15-17(20-13-18(37-2)7-9-24(20)33)12-26-29(35)19-8-10-25-28(30(19)39-26)21(14-27(34)38-25)22-11-16-5-3-4-6-23(16)32-31(22)36/h3-13,15,21H,14H2,1-2H3,(H,32,36)/b26-12-/t21-/m1/s1. The molecule has 2 aliphatic rings. The average Bonchev–Trinajstić information content (AvgIpc) is 3.42. The summed E-state index contributed by atoms with van der Waals surface area (Å²) in [6.45, 7) is 0. The van der Waals surface area contributed by atoms with E-state index in [-0.39, 0.29) is 29.3 Å². The molecule has 1 atom stereocenters. The molecule has 0 unspecified atom stereocenters. The van der Waals surface area contributed by atoms with Crippen LogP contribution in [-0.4, -0.2) is 28.4 Å². The molecule has 2 aromatic heterocycles. The van der Waals surface area contributed by atoms with Gasteiger partial charge in [-0.2, -0.15) is 0 Å². The molecule has 39 heavy (non-hydrogen) atoms. The van der Waals surface area contributed by atoms with Gasteiger partial charge in [-0.05, 0) is 53.9 Å². The van der Waals surface area contributed by atoms with Crippen LogP contribution in [0.15, 0.2) is 77.4 Å². The lowest BCUT2D eigenvalue weighted by Gasteiger charge is -2.26. The lowest BCUT2D eigenvalue weighted by Crippen LogP contribution is -2.26. The molecule has 3 aromatic carbocycles. The van der Waals surface area contributed by atoms with Gasteiger partial charge in [0.2, 0.25) is 5.78 Å². The molecule has 1 N–H and O–H groups in total. The lowest BCUT2D eigenvalue weighted by molar-refractivity contribution is -0.135. The maximum atomic E-state index is 13.5. The Morgan fingerprint density at radius 2 is 1.87 bits per heavy atom. The third kappa shape index (κ3) is 3.56. The summed E-state index contributed by atoms with van der Waals surface area (Å²) >= 11 is 0. The number of ketones is 1. The fourth-order valence-corrected chi connectivity index (χ4v) is 5.58. The number of aryl methyl sites for hydroxylation is 1. The second kappa shape index (κ2) is 8.46. The van der Waals surface area contributed by atoms with Crippen LogP contribution in [0.1, 0.15) is 39.4 Å². The molecule has 0 fully saturated rings. The number of aromatic amines is 1. The number of esters is 1. The molecule has 2 aliphatic heterocycles. The van der Waals surface area contributed by atoms with E-state index in [4.69, 9.17) is 14.2 Å². The van der Waals surface area contributed by atoms with E-state index in [1.165, 1.54) is 0 Å². The normalized spacial score (nSPS) is 17.3. The first-order chi connectivity index (χ1) is 18.9. The molecule has 192 valence electrons. The van der Waals surface area contributed by atoms with Crippen molar-refractivity contribution >= 4 is 39.6 Å². The lowest BCUT2D eigenvalue weighted by atomic mass is 9.85. The van der Waals surface area contributed by atoms with Crippen molar-refractivity contribution in [2.75, 3.05) is 7.11 Å². The molecular formula is C31H22N2O6. The number of rotatable bonds is 3. The highest BCUT2D eigenvalue weighted by Crippen LogP contribution is 2.48. The van der Waals surface area contributed by atoms with Gasteiger partial charge < -0.3 is 23.8 Å². The van der Waals surface area contributed by atoms with Crippen LogP contribution in [0.5, 0.6) is 17.2 Å². The summed E-state index contributed by atoms with van der Waals surface area (Å²) in [6, 6.07) is 18.2. The summed E-state index contributed by atoms with van der Waals surface area (Å²) in [7, 11) is 3.54. The Kier molecular flexibility index (Phi) is 5.00. The molecule has 0 aliphatic carbocycles. The number of nitrogens with one attached hydrogen (secondary N) is 1. The highest BCUT2D eigenvalue weighted by atomic mass is 16.5. The van der Waals surface area contributed by atoms with E-state index in [1.54, 1.807) is 31.4 Å². The van der Waals surface area contributed by atoms with Gasteiger partial charge in [-0.3, -0.25) is 14.4 Å². The summed E-state index contributed by atoms with van der Waals surface area (Å²) in [5, 5.41) is 1.75. The van der Waals surface area contributed by atoms with E-state index >= 15 is 0 Å². The Hall–Kier alpha value is -5.11. The molecule has 0 saturated carbocycles. The fourth-order valence-electron chi connectivity index (χ4n) is 5.58. The molecule has 5 aromatic rings. The first-order valence-electron chi connectivity index (χ1n) is 12.5. The van der Waals surface area contributed by atoms with Crippen molar-refractivity contribution in [3.8, 4) is 17.2 Å². The van der Waals surface area contributed by atoms with Gasteiger partial charge in [0.25, 0.3) is 5.56 Å². The van der Waals surface area contributed by atoms with Crippen LogP contribution in [0, 0.1) is 0 Å². The van der Waals surface area contributed by atoms with Gasteiger partial charge in [0.15, 0.2) is 5.76 Å². The second-order valence-corrected chi connectivity index (χ2v) is 9.74. The first kappa shape index (κ1) is 23.0. The molecule has 0 radical (unpaired) electrons. The van der Waals surface area contributed by atoms with Crippen LogP contribution in [0.3, 0.4) is 0 Å².